The highest BCUT2D eigenvalue weighted by atomic mass is 35.5. The Morgan fingerprint density at radius 3 is 2.58 bits per heavy atom. The van der Waals surface area contributed by atoms with E-state index >= 15 is 0 Å². The van der Waals surface area contributed by atoms with E-state index < -0.39 is 0 Å². The summed E-state index contributed by atoms with van der Waals surface area (Å²) in [4.78, 5) is 0. The molecule has 0 bridgehead atoms. The van der Waals surface area contributed by atoms with Crippen LogP contribution in [-0.4, -0.2) is 15.6 Å². The van der Waals surface area contributed by atoms with Gasteiger partial charge in [-0.3, -0.25) is 10.1 Å². The fraction of sp³-hybridized carbons (Fsp3) is 0.231. The molecule has 1 aromatic heterocycles. The lowest BCUT2D eigenvalue weighted by Crippen LogP contribution is -2.10. The highest BCUT2D eigenvalue weighted by Gasteiger charge is 2.13. The molecule has 0 atom stereocenters. The summed E-state index contributed by atoms with van der Waals surface area (Å²) >= 11 is 6.13. The molecule has 0 unspecified atom stereocenters. The predicted octanol–water partition coefficient (Wildman–Crippen LogP) is 2.77. The first-order chi connectivity index (χ1) is 8.90. The van der Waals surface area contributed by atoms with E-state index in [1.54, 1.807) is 22.9 Å². The normalized spacial score (nSPS) is 10.5. The number of nitrogens with zero attached hydrogens (tertiary/aromatic N) is 2. The van der Waals surface area contributed by atoms with Crippen molar-refractivity contribution in [2.45, 2.75) is 13.8 Å². The zero-order valence-corrected chi connectivity index (χ0v) is 11.7. The van der Waals surface area contributed by atoms with E-state index in [0.717, 1.165) is 11.4 Å². The van der Waals surface area contributed by atoms with Crippen molar-refractivity contribution in [3.8, 4) is 11.5 Å². The number of nitrogens with two attached hydrogens (primary N) is 1. The molecule has 19 heavy (non-hydrogen) atoms. The number of amidine groups is 1. The SMILES string of the molecule is Cc1nn(C)c(C)c1Oc1ccc(C(=N)N)cc1Cl. The number of aryl methyl sites for hydroxylation is 2. The molecule has 100 valence electrons. The van der Waals surface area contributed by atoms with Crippen LogP contribution in [-0.2, 0) is 7.05 Å². The Labute approximate surface area is 116 Å². The number of benzene rings is 1. The van der Waals surface area contributed by atoms with Crippen LogP contribution in [0.15, 0.2) is 18.2 Å². The average molecular weight is 279 g/mol. The minimum absolute atomic E-state index is 0.0258. The van der Waals surface area contributed by atoms with Crippen molar-refractivity contribution < 1.29 is 4.74 Å². The van der Waals surface area contributed by atoms with Gasteiger partial charge in [0.2, 0.25) is 0 Å². The van der Waals surface area contributed by atoms with E-state index in [0.29, 0.717) is 22.1 Å². The molecule has 0 amide bonds. The van der Waals surface area contributed by atoms with Crippen LogP contribution in [0.2, 0.25) is 5.02 Å². The highest BCUT2D eigenvalue weighted by molar-refractivity contribution is 6.32. The third-order valence-electron chi connectivity index (χ3n) is 2.90. The van der Waals surface area contributed by atoms with Crippen molar-refractivity contribution in [2.24, 2.45) is 12.8 Å². The van der Waals surface area contributed by atoms with Crippen LogP contribution >= 0.6 is 11.6 Å². The largest absolute Gasteiger partial charge is 0.452 e. The molecule has 3 N–H and O–H groups in total. The smallest absolute Gasteiger partial charge is 0.171 e. The van der Waals surface area contributed by atoms with Gasteiger partial charge >= 0.3 is 0 Å². The lowest BCUT2D eigenvalue weighted by molar-refractivity contribution is 0.474. The molecule has 0 aliphatic carbocycles. The Hall–Kier alpha value is -2.01. The molecule has 1 aromatic carbocycles. The van der Waals surface area contributed by atoms with Gasteiger partial charge < -0.3 is 10.5 Å². The first kappa shape index (κ1) is 13.4. The molecule has 0 saturated heterocycles. The van der Waals surface area contributed by atoms with Crippen molar-refractivity contribution in [3.05, 3.63) is 40.2 Å². The van der Waals surface area contributed by atoms with Crippen LogP contribution in [0.5, 0.6) is 11.5 Å². The van der Waals surface area contributed by atoms with E-state index in [1.165, 1.54) is 0 Å². The summed E-state index contributed by atoms with van der Waals surface area (Å²) in [5.74, 6) is 1.19. The Balaban J connectivity index is 2.36. The standard InChI is InChI=1S/C13H15ClN4O/c1-7-12(8(2)18(3)17-7)19-11-5-4-9(13(15)16)6-10(11)14/h4-6H,1-3H3,(H3,15,16). The minimum atomic E-state index is -0.0258. The van der Waals surface area contributed by atoms with Crippen molar-refractivity contribution in [1.82, 2.24) is 9.78 Å². The topological polar surface area (TPSA) is 76.9 Å². The van der Waals surface area contributed by atoms with Gasteiger partial charge in [0, 0.05) is 12.6 Å². The van der Waals surface area contributed by atoms with Crippen LogP contribution < -0.4 is 10.5 Å². The first-order valence-electron chi connectivity index (χ1n) is 5.72. The van der Waals surface area contributed by atoms with Gasteiger partial charge in [-0.15, -0.1) is 0 Å². The van der Waals surface area contributed by atoms with E-state index in [-0.39, 0.29) is 5.84 Å². The van der Waals surface area contributed by atoms with Crippen molar-refractivity contribution >= 4 is 17.4 Å². The molecule has 0 saturated carbocycles. The molecule has 6 heteroatoms. The van der Waals surface area contributed by atoms with Crippen molar-refractivity contribution in [1.29, 1.82) is 5.41 Å². The summed E-state index contributed by atoms with van der Waals surface area (Å²) in [7, 11) is 1.86. The second-order valence-corrected chi connectivity index (χ2v) is 4.69. The van der Waals surface area contributed by atoms with E-state index in [2.05, 4.69) is 5.10 Å². The quantitative estimate of drug-likeness (QED) is 0.669. The zero-order valence-electron chi connectivity index (χ0n) is 11.0. The molecular formula is C13H15ClN4O. The predicted molar refractivity (Wildman–Crippen MR) is 75.2 cm³/mol. The summed E-state index contributed by atoms with van der Waals surface area (Å²) in [5.41, 5.74) is 7.69. The van der Waals surface area contributed by atoms with Crippen LogP contribution in [0.4, 0.5) is 0 Å². The van der Waals surface area contributed by atoms with E-state index in [9.17, 15) is 0 Å². The van der Waals surface area contributed by atoms with Gasteiger partial charge in [-0.1, -0.05) is 11.6 Å². The summed E-state index contributed by atoms with van der Waals surface area (Å²) in [5, 5.41) is 12.0. The second kappa shape index (κ2) is 4.93. The molecule has 5 nitrogen and oxygen atoms in total. The summed E-state index contributed by atoms with van der Waals surface area (Å²) < 4.78 is 7.55. The number of hydrogen-bond acceptors (Lipinski definition) is 3. The van der Waals surface area contributed by atoms with Gasteiger partial charge in [0.15, 0.2) is 5.75 Å². The second-order valence-electron chi connectivity index (χ2n) is 4.28. The molecule has 0 radical (unpaired) electrons. The zero-order chi connectivity index (χ0) is 14.2. The third-order valence-corrected chi connectivity index (χ3v) is 3.19. The third kappa shape index (κ3) is 2.56. The highest BCUT2D eigenvalue weighted by Crippen LogP contribution is 2.33. The summed E-state index contributed by atoms with van der Waals surface area (Å²) in [6.45, 7) is 3.80. The van der Waals surface area contributed by atoms with Gasteiger partial charge in [0.25, 0.3) is 0 Å². The Morgan fingerprint density at radius 1 is 1.42 bits per heavy atom. The summed E-state index contributed by atoms with van der Waals surface area (Å²) in [6.07, 6.45) is 0. The van der Waals surface area contributed by atoms with Crippen LogP contribution in [0.25, 0.3) is 0 Å². The van der Waals surface area contributed by atoms with Crippen LogP contribution in [0, 0.1) is 19.3 Å². The van der Waals surface area contributed by atoms with Crippen LogP contribution in [0.3, 0.4) is 0 Å². The number of halogens is 1. The Morgan fingerprint density at radius 2 is 2.11 bits per heavy atom. The number of rotatable bonds is 3. The van der Waals surface area contributed by atoms with Gasteiger partial charge in [0.05, 0.1) is 10.7 Å². The molecule has 0 fully saturated rings. The maximum Gasteiger partial charge on any atom is 0.171 e. The lowest BCUT2D eigenvalue weighted by atomic mass is 10.2. The maximum atomic E-state index is 7.36. The molecule has 1 heterocycles. The van der Waals surface area contributed by atoms with Gasteiger partial charge in [0.1, 0.15) is 17.3 Å². The minimum Gasteiger partial charge on any atom is -0.452 e. The molecule has 0 aliphatic rings. The molecule has 0 aliphatic heterocycles. The number of aromatic nitrogens is 2. The number of ether oxygens (including phenoxy) is 1. The number of hydrogen-bond donors (Lipinski definition) is 2. The van der Waals surface area contributed by atoms with Crippen molar-refractivity contribution in [3.63, 3.8) is 0 Å². The van der Waals surface area contributed by atoms with Gasteiger partial charge in [-0.05, 0) is 32.0 Å². The molecule has 2 aromatic rings. The average Bonchev–Trinajstić information content (AvgIpc) is 2.58. The van der Waals surface area contributed by atoms with E-state index in [4.69, 9.17) is 27.5 Å². The van der Waals surface area contributed by atoms with Crippen molar-refractivity contribution in [2.75, 3.05) is 0 Å². The van der Waals surface area contributed by atoms with Gasteiger partial charge in [-0.2, -0.15) is 5.10 Å². The maximum absolute atomic E-state index is 7.36. The van der Waals surface area contributed by atoms with Crippen LogP contribution in [0.1, 0.15) is 17.0 Å². The molecule has 2 rings (SSSR count). The summed E-state index contributed by atoms with van der Waals surface area (Å²) in [6, 6.07) is 5.01. The number of nitrogens with one attached hydrogen (secondary N) is 1. The monoisotopic (exact) mass is 278 g/mol. The fourth-order valence-corrected chi connectivity index (χ4v) is 1.98. The Bertz CT molecular complexity index is 648. The Kier molecular flexibility index (Phi) is 3.48. The lowest BCUT2D eigenvalue weighted by Gasteiger charge is -2.09. The molecular weight excluding hydrogens is 264 g/mol. The number of nitrogen functional groups attached to an aromatic ring is 1. The van der Waals surface area contributed by atoms with Gasteiger partial charge in [-0.25, -0.2) is 0 Å². The van der Waals surface area contributed by atoms with E-state index in [1.807, 2.05) is 20.9 Å². The first-order valence-corrected chi connectivity index (χ1v) is 6.10. The fourth-order valence-electron chi connectivity index (χ4n) is 1.76. The molecule has 0 spiro atoms.